The largest absolute Gasteiger partial charge is 0.595 e. The third kappa shape index (κ3) is 5.68. The second-order valence-electron chi connectivity index (χ2n) is 5.07. The number of anilines is 1. The van der Waals surface area contributed by atoms with Gasteiger partial charge < -0.3 is 10.4 Å². The normalized spacial score (nSPS) is 15.7. The van der Waals surface area contributed by atoms with Gasteiger partial charge in [0.2, 0.25) is 0 Å². The van der Waals surface area contributed by atoms with E-state index in [1.165, 1.54) is 12.1 Å². The molecule has 0 aliphatic rings. The maximum atomic E-state index is 11.2. The summed E-state index contributed by atoms with van der Waals surface area (Å²) in [4.78, 5) is 0. The number of benzene rings is 1. The number of unbranched alkanes of at least 4 members (excludes halogenated alkanes) is 1. The first-order chi connectivity index (χ1) is 10.5. The van der Waals surface area contributed by atoms with Crippen LogP contribution >= 0.6 is 0 Å². The second-order valence-corrected chi connectivity index (χ2v) is 5.07. The minimum atomic E-state index is -1.20. The molecule has 0 aliphatic heterocycles. The maximum absolute atomic E-state index is 11.2. The van der Waals surface area contributed by atoms with Crippen LogP contribution in [0.5, 0.6) is 0 Å². The molecule has 0 aromatic heterocycles. The van der Waals surface area contributed by atoms with Crippen molar-refractivity contribution in [1.29, 1.82) is 0 Å². The maximum Gasteiger partial charge on any atom is 0.195 e. The Morgan fingerprint density at radius 3 is 2.55 bits per heavy atom. The van der Waals surface area contributed by atoms with Gasteiger partial charge in [-0.2, -0.15) is 15.6 Å². The molecule has 0 heterocycles. The van der Waals surface area contributed by atoms with Gasteiger partial charge in [0.1, 0.15) is 5.69 Å². The van der Waals surface area contributed by atoms with Gasteiger partial charge in [-0.1, -0.05) is 26.7 Å². The number of hydrogen-bond acceptors (Lipinski definition) is 6. The molecule has 0 amide bonds. The van der Waals surface area contributed by atoms with Crippen molar-refractivity contribution >= 4 is 23.3 Å². The van der Waals surface area contributed by atoms with Crippen molar-refractivity contribution in [2.75, 3.05) is 5.43 Å². The fraction of sp³-hybridized carbons (Fsp3) is 0.500. The van der Waals surface area contributed by atoms with Crippen LogP contribution in [0.3, 0.4) is 0 Å². The molecule has 1 rings (SSSR count). The van der Waals surface area contributed by atoms with Gasteiger partial charge in [0.15, 0.2) is 11.4 Å². The van der Waals surface area contributed by atoms with E-state index in [9.17, 15) is 10.4 Å². The molecule has 0 saturated carbocycles. The van der Waals surface area contributed by atoms with Crippen LogP contribution in [0.2, 0.25) is 0 Å². The molecule has 22 heavy (non-hydrogen) atoms. The molecule has 3 atom stereocenters. The molecular formula is C14H24N4O4. The molecule has 0 radical (unpaired) electrons. The minimum absolute atomic E-state index is 0.0682. The Balaban J connectivity index is 2.79. The third-order valence-electron chi connectivity index (χ3n) is 3.42. The van der Waals surface area contributed by atoms with E-state index in [0.717, 1.165) is 31.7 Å². The number of nitrogens with zero attached hydrogens (tertiary/aromatic N) is 1. The number of nitrogens with one attached hydrogen (secondary N) is 3. The summed E-state index contributed by atoms with van der Waals surface area (Å²) in [5.41, 5.74) is 2.79. The molecule has 124 valence electrons. The molecule has 8 nitrogen and oxygen atoms in total. The topological polar surface area (TPSA) is 120 Å². The van der Waals surface area contributed by atoms with Gasteiger partial charge in [0.25, 0.3) is 0 Å². The molecule has 0 fully saturated rings. The smallest absolute Gasteiger partial charge is 0.195 e. The molecule has 1 aromatic rings. The summed E-state index contributed by atoms with van der Waals surface area (Å²) in [6, 6.07) is 3.88. The number of quaternary nitrogens is 2. The van der Waals surface area contributed by atoms with Crippen LogP contribution < -0.4 is 15.9 Å². The average molecular weight is 312 g/mol. The Morgan fingerprint density at radius 2 is 2.00 bits per heavy atom. The van der Waals surface area contributed by atoms with E-state index in [1.807, 2.05) is 0 Å². The first-order valence-electron chi connectivity index (χ1n) is 7.39. The predicted octanol–water partition coefficient (Wildman–Crippen LogP) is 1.11. The Labute approximate surface area is 129 Å². The molecule has 8 heteroatoms. The highest BCUT2D eigenvalue weighted by molar-refractivity contribution is 5.67. The van der Waals surface area contributed by atoms with Crippen molar-refractivity contribution < 1.29 is 20.9 Å². The Hall–Kier alpha value is -1.55. The molecule has 5 N–H and O–H groups in total. The zero-order valence-corrected chi connectivity index (χ0v) is 12.9. The zero-order chi connectivity index (χ0) is 16.5. The first kappa shape index (κ1) is 18.5. The van der Waals surface area contributed by atoms with Gasteiger partial charge in [-0.15, -0.1) is 0 Å². The lowest BCUT2D eigenvalue weighted by Gasteiger charge is -2.18. The summed E-state index contributed by atoms with van der Waals surface area (Å²) in [6.07, 6.45) is 6.04. The van der Waals surface area contributed by atoms with Gasteiger partial charge in [-0.05, 0) is 24.8 Å². The van der Waals surface area contributed by atoms with Crippen LogP contribution in [0.4, 0.5) is 17.1 Å². The van der Waals surface area contributed by atoms with Crippen LogP contribution in [-0.2, 0) is 0 Å². The molecule has 1 aromatic carbocycles. The van der Waals surface area contributed by atoms with Gasteiger partial charge in [-0.3, -0.25) is 5.43 Å². The average Bonchev–Trinajstić information content (AvgIpc) is 2.50. The van der Waals surface area contributed by atoms with Crippen molar-refractivity contribution in [2.24, 2.45) is 11.0 Å². The molecule has 0 aliphatic carbocycles. The summed E-state index contributed by atoms with van der Waals surface area (Å²) in [5, 5.41) is 41.9. The highest BCUT2D eigenvalue weighted by Gasteiger charge is 2.13. The SMILES string of the molecule is CCCC[C@H](C=NNc1ccc([NH+]([O-])O)cc1[NH+]([O-])O)CC. The molecule has 0 spiro atoms. The predicted molar refractivity (Wildman–Crippen MR) is 83.4 cm³/mol. The summed E-state index contributed by atoms with van der Waals surface area (Å²) >= 11 is 0. The van der Waals surface area contributed by atoms with E-state index in [2.05, 4.69) is 24.4 Å². The van der Waals surface area contributed by atoms with Gasteiger partial charge in [-0.25, -0.2) is 10.4 Å². The molecule has 0 saturated heterocycles. The van der Waals surface area contributed by atoms with Crippen molar-refractivity contribution in [3.8, 4) is 0 Å². The van der Waals surface area contributed by atoms with Crippen LogP contribution in [-0.4, -0.2) is 16.6 Å². The summed E-state index contributed by atoms with van der Waals surface area (Å²) in [6.45, 7) is 4.21. The fourth-order valence-electron chi connectivity index (χ4n) is 2.01. The monoisotopic (exact) mass is 312 g/mol. The first-order valence-corrected chi connectivity index (χ1v) is 7.39. The van der Waals surface area contributed by atoms with Crippen molar-refractivity contribution in [2.45, 2.75) is 39.5 Å². The quantitative estimate of drug-likeness (QED) is 0.345. The lowest BCUT2D eigenvalue weighted by atomic mass is 10.0. The van der Waals surface area contributed by atoms with E-state index in [0.29, 0.717) is 5.92 Å². The zero-order valence-electron chi connectivity index (χ0n) is 12.9. The third-order valence-corrected chi connectivity index (χ3v) is 3.42. The summed E-state index contributed by atoms with van der Waals surface area (Å²) < 4.78 is 0. The minimum Gasteiger partial charge on any atom is -0.595 e. The highest BCUT2D eigenvalue weighted by Crippen LogP contribution is 2.20. The Bertz CT molecular complexity index is 480. The molecular weight excluding hydrogens is 288 g/mol. The summed E-state index contributed by atoms with van der Waals surface area (Å²) in [7, 11) is 0. The lowest BCUT2D eigenvalue weighted by Crippen LogP contribution is -3.00. The number of hydrazone groups is 1. The standard InChI is InChI=1S/C14H24N4O4/c1-3-5-6-11(4-2)10-15-16-13-8-7-12(17(19)20)9-14(13)18(21)22/h7-11,16-19,21H,3-6H2,1-2H3/t11-/m1/s1. The van der Waals surface area contributed by atoms with Crippen LogP contribution in [0.15, 0.2) is 23.3 Å². The van der Waals surface area contributed by atoms with E-state index in [4.69, 9.17) is 10.4 Å². The van der Waals surface area contributed by atoms with E-state index < -0.39 is 10.5 Å². The van der Waals surface area contributed by atoms with Crippen molar-refractivity contribution in [3.63, 3.8) is 0 Å². The highest BCUT2D eigenvalue weighted by atomic mass is 16.8. The Kier molecular flexibility index (Phi) is 7.96. The summed E-state index contributed by atoms with van der Waals surface area (Å²) in [5.74, 6) is 0.346. The fourth-order valence-corrected chi connectivity index (χ4v) is 2.01. The van der Waals surface area contributed by atoms with Crippen LogP contribution in [0.1, 0.15) is 39.5 Å². The van der Waals surface area contributed by atoms with Crippen LogP contribution in [0.25, 0.3) is 0 Å². The van der Waals surface area contributed by atoms with E-state index >= 15 is 0 Å². The van der Waals surface area contributed by atoms with Crippen molar-refractivity contribution in [3.05, 3.63) is 28.6 Å². The van der Waals surface area contributed by atoms with Gasteiger partial charge >= 0.3 is 0 Å². The van der Waals surface area contributed by atoms with Gasteiger partial charge in [0.05, 0.1) is 6.07 Å². The van der Waals surface area contributed by atoms with Crippen molar-refractivity contribution in [1.82, 2.24) is 0 Å². The van der Waals surface area contributed by atoms with Crippen LogP contribution in [0, 0.1) is 16.3 Å². The second kappa shape index (κ2) is 9.46. The molecule has 0 bridgehead atoms. The van der Waals surface area contributed by atoms with E-state index in [1.54, 1.807) is 6.21 Å². The number of rotatable bonds is 9. The molecule has 2 unspecified atom stereocenters. The van der Waals surface area contributed by atoms with E-state index in [-0.39, 0.29) is 17.1 Å². The lowest BCUT2D eigenvalue weighted by molar-refractivity contribution is -0.996. The number of hydrogen-bond donors (Lipinski definition) is 5. The Morgan fingerprint density at radius 1 is 1.27 bits per heavy atom. The van der Waals surface area contributed by atoms with Gasteiger partial charge in [0, 0.05) is 12.3 Å².